The molecule has 0 unspecified atom stereocenters. The first-order valence-corrected chi connectivity index (χ1v) is 34.7. The second kappa shape index (κ2) is 69.3. The zero-order valence-corrected chi connectivity index (χ0v) is 62.7. The van der Waals surface area contributed by atoms with E-state index in [0.717, 1.165) is 74.5 Å². The van der Waals surface area contributed by atoms with Crippen LogP contribution in [0.15, 0.2) is 91.1 Å². The molecule has 0 spiro atoms. The predicted molar refractivity (Wildman–Crippen MR) is 402 cm³/mol. The van der Waals surface area contributed by atoms with Crippen molar-refractivity contribution in [3.8, 4) is 34.5 Å². The summed E-state index contributed by atoms with van der Waals surface area (Å²) in [7, 11) is 7.03. The summed E-state index contributed by atoms with van der Waals surface area (Å²) in [5.74, 6) is 0.945. The SMILES string of the molecule is C.C.CC.CC.CC.COC(=O)CCC(=O)Cl.COC(=O)CCCC(=O)Oc1ccc(CNC(=O)CCCC/C=C/C(C)C)cc1OC.COc1cc(CNC(=O)CCCC/C=C/C(C)C)ccc1O.COc1cc(CNC(=O)CCCC/C=C/C(C)C)ccc1OC(=O)CCCC(=O)O. The number of halogens is 1. The molecule has 0 aromatic heterocycles. The lowest BCUT2D eigenvalue weighted by molar-refractivity contribution is -0.142. The first-order valence-electron chi connectivity index (χ1n) is 34.3. The number of carbonyl (C=O) groups excluding carboxylic acids is 8. The van der Waals surface area contributed by atoms with E-state index in [-0.39, 0.29) is 95.0 Å². The maximum Gasteiger partial charge on any atom is 0.311 e. The lowest BCUT2D eigenvalue weighted by atomic mass is 10.1. The van der Waals surface area contributed by atoms with Crippen LogP contribution < -0.4 is 39.6 Å². The van der Waals surface area contributed by atoms with Crippen LogP contribution in [0.3, 0.4) is 0 Å². The van der Waals surface area contributed by atoms with Crippen molar-refractivity contribution >= 4 is 64.4 Å². The number of benzene rings is 3. The summed E-state index contributed by atoms with van der Waals surface area (Å²) >= 11 is 4.93. The molecule has 22 heteroatoms. The van der Waals surface area contributed by atoms with Crippen molar-refractivity contribution < 1.29 is 86.5 Å². The fourth-order valence-corrected chi connectivity index (χ4v) is 7.87. The normalized spacial score (nSPS) is 10.1. The Labute approximate surface area is 605 Å². The number of phenolic OH excluding ortho intramolecular Hbond substituents is 1. The quantitative estimate of drug-likeness (QED) is 0.0116. The van der Waals surface area contributed by atoms with Gasteiger partial charge in [-0.05, 0) is 153 Å². The lowest BCUT2D eigenvalue weighted by Gasteiger charge is -2.12. The Morgan fingerprint density at radius 2 is 0.710 bits per heavy atom. The van der Waals surface area contributed by atoms with Gasteiger partial charge < -0.3 is 59.3 Å². The van der Waals surface area contributed by atoms with E-state index in [1.807, 2.05) is 41.5 Å². The zero-order chi connectivity index (χ0) is 75.1. The van der Waals surface area contributed by atoms with Crippen molar-refractivity contribution in [2.24, 2.45) is 17.8 Å². The Morgan fingerprint density at radius 3 is 1.02 bits per heavy atom. The molecular formula is C78H128ClN3O18. The van der Waals surface area contributed by atoms with Gasteiger partial charge in [0.05, 0.1) is 42.0 Å². The van der Waals surface area contributed by atoms with Crippen LogP contribution in [0.1, 0.15) is 243 Å². The van der Waals surface area contributed by atoms with Gasteiger partial charge in [0, 0.05) is 71.0 Å². The Bertz CT molecular complexity index is 2780. The molecular weight excluding hydrogens is 1300 g/mol. The summed E-state index contributed by atoms with van der Waals surface area (Å²) in [4.78, 5) is 101. The number of unbranched alkanes of at least 4 members (excludes halogenated alkanes) is 6. The number of carbonyl (C=O) groups is 9. The van der Waals surface area contributed by atoms with Crippen LogP contribution in [0.5, 0.6) is 34.5 Å². The largest absolute Gasteiger partial charge is 0.504 e. The van der Waals surface area contributed by atoms with E-state index in [4.69, 9.17) is 40.4 Å². The number of rotatable bonds is 40. The maximum atomic E-state index is 12.0. The molecule has 0 bridgehead atoms. The number of ether oxygens (including phenoxy) is 7. The molecule has 0 aliphatic rings. The fourth-order valence-electron chi connectivity index (χ4n) is 7.77. The molecule has 0 heterocycles. The summed E-state index contributed by atoms with van der Waals surface area (Å²) in [6.45, 7) is 26.0. The molecule has 5 N–H and O–H groups in total. The van der Waals surface area contributed by atoms with Crippen LogP contribution in [-0.4, -0.2) is 98.6 Å². The highest BCUT2D eigenvalue weighted by atomic mass is 35.5. The van der Waals surface area contributed by atoms with E-state index in [0.29, 0.717) is 86.1 Å². The van der Waals surface area contributed by atoms with E-state index >= 15 is 0 Å². The van der Waals surface area contributed by atoms with E-state index in [9.17, 15) is 48.3 Å². The molecule has 0 saturated heterocycles. The summed E-state index contributed by atoms with van der Waals surface area (Å²) in [6.07, 6.45) is 24.1. The highest BCUT2D eigenvalue weighted by molar-refractivity contribution is 6.63. The molecule has 3 rings (SSSR count). The van der Waals surface area contributed by atoms with Gasteiger partial charge in [-0.2, -0.15) is 0 Å². The zero-order valence-electron chi connectivity index (χ0n) is 62.0. The second-order valence-corrected chi connectivity index (χ2v) is 22.5. The van der Waals surface area contributed by atoms with Crippen molar-refractivity contribution in [1.82, 2.24) is 16.0 Å². The minimum absolute atomic E-state index is 0. The van der Waals surface area contributed by atoms with Crippen molar-refractivity contribution in [3.05, 3.63) is 108 Å². The molecule has 21 nitrogen and oxygen atoms in total. The van der Waals surface area contributed by atoms with Gasteiger partial charge in [0.2, 0.25) is 23.0 Å². The predicted octanol–water partition coefficient (Wildman–Crippen LogP) is 17.4. The highest BCUT2D eigenvalue weighted by Gasteiger charge is 2.15. The third-order valence-corrected chi connectivity index (χ3v) is 13.0. The number of hydrogen-bond acceptors (Lipinski definition) is 17. The van der Waals surface area contributed by atoms with Crippen LogP contribution in [0.2, 0.25) is 0 Å². The van der Waals surface area contributed by atoms with Crippen molar-refractivity contribution in [3.63, 3.8) is 0 Å². The molecule has 0 aliphatic heterocycles. The molecule has 0 saturated carbocycles. The molecule has 3 aromatic rings. The third-order valence-electron chi connectivity index (χ3n) is 12.8. The van der Waals surface area contributed by atoms with E-state index in [2.05, 4.69) is 103 Å². The Hall–Kier alpha value is -8.20. The van der Waals surface area contributed by atoms with Gasteiger partial charge in [-0.25, -0.2) is 0 Å². The number of hydrogen-bond donors (Lipinski definition) is 5. The Morgan fingerprint density at radius 1 is 0.400 bits per heavy atom. The molecule has 0 radical (unpaired) electrons. The van der Waals surface area contributed by atoms with Crippen molar-refractivity contribution in [1.29, 1.82) is 0 Å². The first kappa shape index (κ1) is 103. The van der Waals surface area contributed by atoms with Crippen LogP contribution in [0.4, 0.5) is 0 Å². The van der Waals surface area contributed by atoms with Gasteiger partial charge in [-0.1, -0.05) is 153 Å². The van der Waals surface area contributed by atoms with Gasteiger partial charge in [0.15, 0.2) is 34.5 Å². The van der Waals surface area contributed by atoms with Gasteiger partial charge >= 0.3 is 29.8 Å². The van der Waals surface area contributed by atoms with Crippen LogP contribution >= 0.6 is 11.6 Å². The summed E-state index contributed by atoms with van der Waals surface area (Å²) in [5, 5.41) is 26.3. The van der Waals surface area contributed by atoms with Crippen molar-refractivity contribution in [2.45, 2.75) is 246 Å². The number of esters is 4. The van der Waals surface area contributed by atoms with E-state index < -0.39 is 29.1 Å². The minimum atomic E-state index is -0.949. The number of allylic oxidation sites excluding steroid dienone is 6. The van der Waals surface area contributed by atoms with Crippen molar-refractivity contribution in [2.75, 3.05) is 35.5 Å². The third kappa shape index (κ3) is 60.9. The number of carboxylic acids is 1. The lowest BCUT2D eigenvalue weighted by Crippen LogP contribution is -2.22. The number of phenols is 1. The summed E-state index contributed by atoms with van der Waals surface area (Å²) in [6, 6.07) is 15.3. The first-order chi connectivity index (χ1) is 46.8. The number of nitrogens with one attached hydrogen (secondary N) is 3. The van der Waals surface area contributed by atoms with Gasteiger partial charge in [0.25, 0.3) is 0 Å². The average Bonchev–Trinajstić information content (AvgIpc) is 0.895. The standard InChI is InChI=1S/C24H35NO6.C23H33NO6.C18H27NO3.C5H7ClO3.3C2H6.2CH4/c1-18(2)10-7-5-6-8-11-22(26)25-17-19-14-15-20(21(16-19)29-3)31-24(28)13-9-12-23(27)30-4;1-17(2)9-6-4-5-7-10-21(25)24-16-18-13-14-19(20(15-18)29-3)30-23(28)12-8-11-22(26)27;1-14(2)8-6-4-5-7-9-18(21)19-13-15-10-11-16(20)17(12-15)22-3;1-9-5(8)3-2-4(6)7;3*1-2;;/h7,10,14-16,18H,5-6,8-9,11-13,17H2,1-4H3,(H,25,26);6,9,13-15,17H,4-5,7-8,10-12,16H2,1-3H3,(H,24,25)(H,26,27);6,8,10-12,14,20H,4-5,7,9,13H2,1-3H3,(H,19,21);2-3H2,1H3;3*1-2H3;2*1H4/b10-7+;9-6+;8-6+;;;;;;. The topological polar surface area (TPSA) is 295 Å². The molecule has 3 aromatic carbocycles. The number of amides is 3. The molecule has 3 amide bonds. The number of carboxylic acid groups (broad SMARTS) is 1. The van der Waals surface area contributed by atoms with Crippen LogP contribution in [0, 0.1) is 17.8 Å². The van der Waals surface area contributed by atoms with Gasteiger partial charge in [-0.15, -0.1) is 0 Å². The highest BCUT2D eigenvalue weighted by Crippen LogP contribution is 2.30. The van der Waals surface area contributed by atoms with Gasteiger partial charge in [-0.3, -0.25) is 43.2 Å². The fraction of sp³-hybridized carbons (Fsp3) is 0.577. The average molecular weight is 1430 g/mol. The molecule has 100 heavy (non-hydrogen) atoms. The van der Waals surface area contributed by atoms with Gasteiger partial charge in [0.1, 0.15) is 0 Å². The monoisotopic (exact) mass is 1430 g/mol. The number of aliphatic carboxylic acids is 1. The minimum Gasteiger partial charge on any atom is -0.504 e. The van der Waals surface area contributed by atoms with Crippen LogP contribution in [0.25, 0.3) is 0 Å². The van der Waals surface area contributed by atoms with E-state index in [1.165, 1.54) is 35.5 Å². The summed E-state index contributed by atoms with van der Waals surface area (Å²) < 4.78 is 35.0. The van der Waals surface area contributed by atoms with Crippen LogP contribution in [-0.2, 0) is 72.3 Å². The maximum absolute atomic E-state index is 12.0. The molecule has 0 fully saturated rings. The Balaban J connectivity index is -0.000000300. The molecule has 0 atom stereocenters. The number of aromatic hydroxyl groups is 1. The second-order valence-electron chi connectivity index (χ2n) is 22.1. The molecule has 570 valence electrons. The smallest absolute Gasteiger partial charge is 0.311 e. The Kier molecular flexibility index (Phi) is 71.2. The number of methoxy groups -OCH3 is 5. The summed E-state index contributed by atoms with van der Waals surface area (Å²) in [5.41, 5.74) is 2.57. The molecule has 0 aliphatic carbocycles. The van der Waals surface area contributed by atoms with E-state index in [1.54, 1.807) is 54.6 Å².